The summed E-state index contributed by atoms with van der Waals surface area (Å²) in [6, 6.07) is 16.8. The maximum Gasteiger partial charge on any atom is 0.307 e. The first-order valence-corrected chi connectivity index (χ1v) is 11.9. The zero-order valence-electron chi connectivity index (χ0n) is 19.5. The number of carboxylic acids is 1. The summed E-state index contributed by atoms with van der Waals surface area (Å²) >= 11 is 12.0. The summed E-state index contributed by atoms with van der Waals surface area (Å²) in [7, 11) is 0. The smallest absolute Gasteiger partial charge is 0.307 e. The van der Waals surface area contributed by atoms with Crippen molar-refractivity contribution in [1.29, 1.82) is 0 Å². The van der Waals surface area contributed by atoms with Crippen molar-refractivity contribution in [3.05, 3.63) is 98.0 Å². The molecule has 4 aromatic rings. The zero-order chi connectivity index (χ0) is 27.2. The largest absolute Gasteiger partial charge is 0.490 e. The molecule has 3 aromatic carbocycles. The number of carbonyl (C=O) groups is 2. The Labute approximate surface area is 225 Å². The van der Waals surface area contributed by atoms with Gasteiger partial charge < -0.3 is 19.7 Å². The molecule has 0 bridgehead atoms. The highest BCUT2D eigenvalue weighted by Gasteiger charge is 2.26. The summed E-state index contributed by atoms with van der Waals surface area (Å²) in [6.07, 6.45) is -0.215. The van der Waals surface area contributed by atoms with E-state index in [1.165, 1.54) is 30.3 Å². The molecule has 0 unspecified atom stereocenters. The van der Waals surface area contributed by atoms with Gasteiger partial charge in [-0.3, -0.25) is 19.7 Å². The van der Waals surface area contributed by atoms with Crippen LogP contribution in [-0.4, -0.2) is 40.2 Å². The minimum absolute atomic E-state index is 0.0795. The molecule has 4 rings (SSSR count). The number of nitrogens with zero attached hydrogens (tertiary/aromatic N) is 2. The molecule has 1 aromatic heterocycles. The van der Waals surface area contributed by atoms with Crippen LogP contribution < -0.4 is 10.1 Å². The van der Waals surface area contributed by atoms with Crippen LogP contribution in [0.25, 0.3) is 22.6 Å². The Morgan fingerprint density at radius 1 is 1.05 bits per heavy atom. The van der Waals surface area contributed by atoms with E-state index in [2.05, 4.69) is 10.5 Å². The van der Waals surface area contributed by atoms with Crippen molar-refractivity contribution in [2.45, 2.75) is 6.42 Å². The fourth-order valence-electron chi connectivity index (χ4n) is 3.64. The van der Waals surface area contributed by atoms with Crippen LogP contribution in [0.15, 0.2) is 71.3 Å². The van der Waals surface area contributed by atoms with Crippen LogP contribution in [0.3, 0.4) is 0 Å². The van der Waals surface area contributed by atoms with Gasteiger partial charge in [0, 0.05) is 28.3 Å². The zero-order valence-corrected chi connectivity index (χ0v) is 21.0. The monoisotopic (exact) mass is 555 g/mol. The number of nitrogens with one attached hydrogen (secondary N) is 1. The SMILES string of the molecule is O=C(O)Cc1cccc(-c2noc(-c3ccc([N+](=O)[O-])cc3)c2C(=O)NCCOc2ccc(Cl)cc2Cl)c1. The van der Waals surface area contributed by atoms with E-state index >= 15 is 0 Å². The predicted molar refractivity (Wildman–Crippen MR) is 140 cm³/mol. The normalized spacial score (nSPS) is 10.7. The van der Waals surface area contributed by atoms with Crippen molar-refractivity contribution in [2.75, 3.05) is 13.2 Å². The minimum Gasteiger partial charge on any atom is -0.490 e. The van der Waals surface area contributed by atoms with Gasteiger partial charge in [-0.15, -0.1) is 0 Å². The Kier molecular flexibility index (Phi) is 8.25. The molecule has 1 heterocycles. The van der Waals surface area contributed by atoms with Crippen LogP contribution in [0.4, 0.5) is 5.69 Å². The molecule has 0 fully saturated rings. The molecule has 1 amide bonds. The Hall–Kier alpha value is -4.41. The molecule has 2 N–H and O–H groups in total. The van der Waals surface area contributed by atoms with Crippen LogP contribution >= 0.6 is 23.2 Å². The number of rotatable bonds is 10. The van der Waals surface area contributed by atoms with Crippen LogP contribution in [0.2, 0.25) is 10.0 Å². The quantitative estimate of drug-likeness (QED) is 0.145. The maximum absolute atomic E-state index is 13.3. The van der Waals surface area contributed by atoms with E-state index in [-0.39, 0.29) is 42.3 Å². The van der Waals surface area contributed by atoms with Crippen molar-refractivity contribution in [3.63, 3.8) is 0 Å². The Balaban J connectivity index is 1.61. The molecule has 0 aliphatic carbocycles. The fraction of sp³-hybridized carbons (Fsp3) is 0.115. The lowest BCUT2D eigenvalue weighted by Crippen LogP contribution is -2.28. The van der Waals surface area contributed by atoms with E-state index in [0.29, 0.717) is 32.5 Å². The van der Waals surface area contributed by atoms with Crippen LogP contribution in [0, 0.1) is 10.1 Å². The number of nitro benzene ring substituents is 1. The van der Waals surface area contributed by atoms with Crippen LogP contribution in [-0.2, 0) is 11.2 Å². The van der Waals surface area contributed by atoms with Crippen molar-refractivity contribution < 1.29 is 28.9 Å². The molecule has 0 aliphatic heterocycles. The third-order valence-corrected chi connectivity index (χ3v) is 5.88. The van der Waals surface area contributed by atoms with E-state index in [0.717, 1.165) is 0 Å². The van der Waals surface area contributed by atoms with Gasteiger partial charge in [0.05, 0.1) is 22.9 Å². The van der Waals surface area contributed by atoms with Gasteiger partial charge in [0.1, 0.15) is 23.6 Å². The number of halogens is 2. The van der Waals surface area contributed by atoms with Gasteiger partial charge in [0.2, 0.25) is 0 Å². The summed E-state index contributed by atoms with van der Waals surface area (Å²) in [5.41, 5.74) is 1.51. The van der Waals surface area contributed by atoms with Crippen molar-refractivity contribution in [3.8, 4) is 28.3 Å². The average Bonchev–Trinajstić information content (AvgIpc) is 3.33. The highest BCUT2D eigenvalue weighted by molar-refractivity contribution is 6.35. The third kappa shape index (κ3) is 6.28. The predicted octanol–water partition coefficient (Wildman–Crippen LogP) is 5.66. The first-order chi connectivity index (χ1) is 18.2. The second-order valence-electron chi connectivity index (χ2n) is 7.99. The van der Waals surface area contributed by atoms with Gasteiger partial charge in [-0.2, -0.15) is 0 Å². The number of carbonyl (C=O) groups excluding carboxylic acids is 1. The number of benzene rings is 3. The van der Waals surface area contributed by atoms with E-state index in [4.69, 9.17) is 37.6 Å². The van der Waals surface area contributed by atoms with E-state index in [9.17, 15) is 19.7 Å². The lowest BCUT2D eigenvalue weighted by molar-refractivity contribution is -0.384. The molecular formula is C26H19Cl2N3O7. The van der Waals surface area contributed by atoms with E-state index < -0.39 is 16.8 Å². The van der Waals surface area contributed by atoms with Gasteiger partial charge in [-0.25, -0.2) is 0 Å². The number of aliphatic carboxylic acids is 1. The Morgan fingerprint density at radius 2 is 1.82 bits per heavy atom. The lowest BCUT2D eigenvalue weighted by atomic mass is 9.99. The fourth-order valence-corrected chi connectivity index (χ4v) is 4.10. The summed E-state index contributed by atoms with van der Waals surface area (Å²) in [5.74, 6) is -1.05. The highest BCUT2D eigenvalue weighted by atomic mass is 35.5. The number of carboxylic acid groups (broad SMARTS) is 1. The molecule has 0 aliphatic rings. The van der Waals surface area contributed by atoms with Gasteiger partial charge in [0.25, 0.3) is 11.6 Å². The molecular weight excluding hydrogens is 537 g/mol. The summed E-state index contributed by atoms with van der Waals surface area (Å²) in [5, 5.41) is 27.8. The van der Waals surface area contributed by atoms with Crippen molar-refractivity contribution in [1.82, 2.24) is 10.5 Å². The number of amides is 1. The summed E-state index contributed by atoms with van der Waals surface area (Å²) in [6.45, 7) is 0.190. The Bertz CT molecular complexity index is 1500. The summed E-state index contributed by atoms with van der Waals surface area (Å²) < 4.78 is 11.1. The Morgan fingerprint density at radius 3 is 2.50 bits per heavy atom. The second kappa shape index (κ2) is 11.8. The van der Waals surface area contributed by atoms with Crippen molar-refractivity contribution >= 4 is 40.8 Å². The number of hydrogen-bond acceptors (Lipinski definition) is 7. The third-order valence-electron chi connectivity index (χ3n) is 5.35. The van der Waals surface area contributed by atoms with Gasteiger partial charge >= 0.3 is 5.97 Å². The molecule has 38 heavy (non-hydrogen) atoms. The number of hydrogen-bond donors (Lipinski definition) is 2. The average molecular weight is 556 g/mol. The number of aromatic nitrogens is 1. The van der Waals surface area contributed by atoms with E-state index in [1.54, 1.807) is 36.4 Å². The molecule has 0 saturated carbocycles. The van der Waals surface area contributed by atoms with Gasteiger partial charge in [-0.1, -0.05) is 46.6 Å². The topological polar surface area (TPSA) is 145 Å². The van der Waals surface area contributed by atoms with E-state index in [1.807, 2.05) is 0 Å². The van der Waals surface area contributed by atoms with Gasteiger partial charge in [-0.05, 0) is 42.0 Å². The first-order valence-electron chi connectivity index (χ1n) is 11.1. The lowest BCUT2D eigenvalue weighted by Gasteiger charge is -2.10. The number of non-ortho nitro benzene ring substituents is 1. The highest BCUT2D eigenvalue weighted by Crippen LogP contribution is 2.33. The van der Waals surface area contributed by atoms with Crippen LogP contribution in [0.5, 0.6) is 5.75 Å². The standard InChI is InChI=1S/C26H19Cl2N3O7/c27-18-6-9-21(20(28)14-18)37-11-10-29-26(34)23-24(17-3-1-2-15(12-17)13-22(32)33)30-38-25(23)16-4-7-19(8-5-16)31(35)36/h1-9,12,14H,10-11,13H2,(H,29,34)(H,32,33). The molecule has 194 valence electrons. The first kappa shape index (κ1) is 26.6. The molecule has 0 saturated heterocycles. The maximum atomic E-state index is 13.3. The molecule has 0 spiro atoms. The number of ether oxygens (including phenoxy) is 1. The van der Waals surface area contributed by atoms with Gasteiger partial charge in [0.15, 0.2) is 5.76 Å². The number of nitro groups is 1. The minimum atomic E-state index is -1.01. The van der Waals surface area contributed by atoms with Crippen molar-refractivity contribution in [2.24, 2.45) is 0 Å². The molecule has 12 heteroatoms. The van der Waals surface area contributed by atoms with Crippen LogP contribution in [0.1, 0.15) is 15.9 Å². The second-order valence-corrected chi connectivity index (χ2v) is 8.83. The molecule has 0 atom stereocenters. The molecule has 0 radical (unpaired) electrons. The summed E-state index contributed by atoms with van der Waals surface area (Å²) in [4.78, 5) is 35.0. The molecule has 10 nitrogen and oxygen atoms in total.